The number of nitrogens with zero attached hydrogens (tertiary/aromatic N) is 3. The molecule has 2 aromatic carbocycles. The van der Waals surface area contributed by atoms with Gasteiger partial charge >= 0.3 is 0 Å². The molecule has 1 saturated heterocycles. The molecule has 3 aromatic rings. The number of hydrogen-bond donors (Lipinski definition) is 0. The van der Waals surface area contributed by atoms with Crippen LogP contribution in [0.3, 0.4) is 0 Å². The third-order valence-corrected chi connectivity index (χ3v) is 6.16. The highest BCUT2D eigenvalue weighted by Gasteiger charge is 2.37. The number of hydrogen-bond acceptors (Lipinski definition) is 3. The Bertz CT molecular complexity index is 1190. The molecule has 0 radical (unpaired) electrons. The molecule has 2 heterocycles. The van der Waals surface area contributed by atoms with Crippen LogP contribution in [0, 0.1) is 0 Å². The quantitative estimate of drug-likeness (QED) is 0.587. The molecule has 33 heavy (non-hydrogen) atoms. The lowest BCUT2D eigenvalue weighted by atomic mass is 9.97. The maximum atomic E-state index is 13.4. The predicted molar refractivity (Wildman–Crippen MR) is 129 cm³/mol. The van der Waals surface area contributed by atoms with Crippen LogP contribution < -0.4 is 5.56 Å². The van der Waals surface area contributed by atoms with Gasteiger partial charge in [0.15, 0.2) is 0 Å². The van der Waals surface area contributed by atoms with Crippen LogP contribution in [0.25, 0.3) is 11.1 Å². The summed E-state index contributed by atoms with van der Waals surface area (Å²) in [6, 6.07) is 20.7. The third-order valence-electron chi connectivity index (χ3n) is 6.16. The fourth-order valence-corrected chi connectivity index (χ4v) is 4.34. The van der Waals surface area contributed by atoms with Crippen molar-refractivity contribution in [2.45, 2.75) is 25.8 Å². The Kier molecular flexibility index (Phi) is 6.73. The Hall–Kier alpha value is -3.67. The van der Waals surface area contributed by atoms with Crippen LogP contribution in [0.4, 0.5) is 0 Å². The molecule has 1 atom stereocenters. The highest BCUT2D eigenvalue weighted by molar-refractivity contribution is 5.98. The van der Waals surface area contributed by atoms with Gasteiger partial charge in [-0.1, -0.05) is 61.5 Å². The Morgan fingerprint density at radius 3 is 2.27 bits per heavy atom. The lowest BCUT2D eigenvalue weighted by Crippen LogP contribution is -2.59. The molecule has 0 bridgehead atoms. The van der Waals surface area contributed by atoms with E-state index < -0.39 is 6.04 Å². The average molecular weight is 444 g/mol. The van der Waals surface area contributed by atoms with E-state index in [1.165, 1.54) is 10.6 Å². The van der Waals surface area contributed by atoms with Gasteiger partial charge in [-0.15, -0.1) is 0 Å². The van der Waals surface area contributed by atoms with E-state index in [2.05, 4.69) is 24.3 Å². The number of aryl methyl sites for hydroxylation is 1. The maximum Gasteiger partial charge on any atom is 0.256 e. The monoisotopic (exact) mass is 443 g/mol. The minimum Gasteiger partial charge on any atom is -0.339 e. The number of carbonyl (C=O) groups excluding carboxylic acids is 2. The van der Waals surface area contributed by atoms with E-state index in [4.69, 9.17) is 0 Å². The second-order valence-corrected chi connectivity index (χ2v) is 8.47. The molecule has 0 aliphatic carbocycles. The van der Waals surface area contributed by atoms with E-state index in [0.717, 1.165) is 23.1 Å². The molecule has 4 rings (SSSR count). The van der Waals surface area contributed by atoms with Crippen molar-refractivity contribution < 1.29 is 9.59 Å². The number of aromatic nitrogens is 1. The van der Waals surface area contributed by atoms with Crippen LogP contribution in [-0.4, -0.2) is 51.9 Å². The van der Waals surface area contributed by atoms with Gasteiger partial charge in [-0.2, -0.15) is 0 Å². The van der Waals surface area contributed by atoms with E-state index >= 15 is 0 Å². The standard InChI is InChI=1S/C27H29N3O3/c1-3-15-29-16-17-30(26(32)23-13-14-25(31)28(2)19-23)24(27(29)33)18-20-9-11-22(12-10-20)21-7-5-4-6-8-21/h4-14,19,24H,3,15-18H2,1-2H3. The summed E-state index contributed by atoms with van der Waals surface area (Å²) in [6.07, 6.45) is 2.86. The first-order chi connectivity index (χ1) is 16.0. The molecule has 1 aliphatic rings. The second kappa shape index (κ2) is 9.86. The molecule has 1 aliphatic heterocycles. The molecule has 170 valence electrons. The molecule has 0 saturated carbocycles. The molecule has 2 amide bonds. The van der Waals surface area contributed by atoms with E-state index in [9.17, 15) is 14.4 Å². The highest BCUT2D eigenvalue weighted by Crippen LogP contribution is 2.23. The molecule has 0 N–H and O–H groups in total. The predicted octanol–water partition coefficient (Wildman–Crippen LogP) is 3.36. The van der Waals surface area contributed by atoms with Gasteiger partial charge in [0.05, 0.1) is 5.56 Å². The Balaban J connectivity index is 1.60. The first-order valence-corrected chi connectivity index (χ1v) is 11.4. The van der Waals surface area contributed by atoms with Crippen LogP contribution in [-0.2, 0) is 18.3 Å². The molecular weight excluding hydrogens is 414 g/mol. The average Bonchev–Trinajstić information content (AvgIpc) is 2.84. The first kappa shape index (κ1) is 22.5. The van der Waals surface area contributed by atoms with Crippen LogP contribution in [0.5, 0.6) is 0 Å². The normalized spacial score (nSPS) is 16.2. The molecule has 6 nitrogen and oxygen atoms in total. The highest BCUT2D eigenvalue weighted by atomic mass is 16.2. The van der Waals surface area contributed by atoms with Gasteiger partial charge in [0.1, 0.15) is 6.04 Å². The van der Waals surface area contributed by atoms with Gasteiger partial charge < -0.3 is 14.4 Å². The van der Waals surface area contributed by atoms with Gasteiger partial charge in [-0.05, 0) is 29.2 Å². The fraction of sp³-hybridized carbons (Fsp3) is 0.296. The van der Waals surface area contributed by atoms with Crippen LogP contribution in [0.2, 0.25) is 0 Å². The zero-order valence-electron chi connectivity index (χ0n) is 19.1. The molecule has 0 spiro atoms. The summed E-state index contributed by atoms with van der Waals surface area (Å²) in [7, 11) is 1.62. The number of amides is 2. The van der Waals surface area contributed by atoms with Gasteiger partial charge in [-0.3, -0.25) is 14.4 Å². The van der Waals surface area contributed by atoms with Crippen molar-refractivity contribution in [3.63, 3.8) is 0 Å². The van der Waals surface area contributed by atoms with Gasteiger partial charge in [0.2, 0.25) is 11.5 Å². The number of piperazine rings is 1. The SMILES string of the molecule is CCCN1CCN(C(=O)c2ccc(=O)n(C)c2)C(Cc2ccc(-c3ccccc3)cc2)C1=O. The lowest BCUT2D eigenvalue weighted by Gasteiger charge is -2.41. The fourth-order valence-electron chi connectivity index (χ4n) is 4.34. The number of benzene rings is 2. The van der Waals surface area contributed by atoms with Crippen LogP contribution >= 0.6 is 0 Å². The molecule has 1 fully saturated rings. The second-order valence-electron chi connectivity index (χ2n) is 8.47. The Labute approximate surface area is 194 Å². The van der Waals surface area contributed by atoms with Crippen molar-refractivity contribution in [1.82, 2.24) is 14.4 Å². The first-order valence-electron chi connectivity index (χ1n) is 11.4. The minimum atomic E-state index is -0.572. The molecule has 1 aromatic heterocycles. The van der Waals surface area contributed by atoms with E-state index in [-0.39, 0.29) is 17.4 Å². The number of rotatable bonds is 6. The largest absolute Gasteiger partial charge is 0.339 e. The number of carbonyl (C=O) groups is 2. The Morgan fingerprint density at radius 1 is 0.909 bits per heavy atom. The summed E-state index contributed by atoms with van der Waals surface area (Å²) in [5, 5.41) is 0. The van der Waals surface area contributed by atoms with Gasteiger partial charge in [-0.25, -0.2) is 0 Å². The van der Waals surface area contributed by atoms with Crippen molar-refractivity contribution >= 4 is 11.8 Å². The van der Waals surface area contributed by atoms with Gasteiger partial charge in [0.25, 0.3) is 5.91 Å². The zero-order valence-corrected chi connectivity index (χ0v) is 19.1. The van der Waals surface area contributed by atoms with E-state index in [0.29, 0.717) is 31.6 Å². The van der Waals surface area contributed by atoms with E-state index in [1.54, 1.807) is 24.2 Å². The summed E-state index contributed by atoms with van der Waals surface area (Å²) in [6.45, 7) is 3.73. The van der Waals surface area contributed by atoms with Crippen molar-refractivity contribution in [2.24, 2.45) is 7.05 Å². The van der Waals surface area contributed by atoms with Crippen molar-refractivity contribution in [2.75, 3.05) is 19.6 Å². The lowest BCUT2D eigenvalue weighted by molar-refractivity contribution is -0.140. The molecule has 1 unspecified atom stereocenters. The maximum absolute atomic E-state index is 13.4. The summed E-state index contributed by atoms with van der Waals surface area (Å²) in [5.41, 5.74) is 3.49. The summed E-state index contributed by atoms with van der Waals surface area (Å²) < 4.78 is 1.39. The summed E-state index contributed by atoms with van der Waals surface area (Å²) >= 11 is 0. The van der Waals surface area contributed by atoms with Crippen molar-refractivity contribution in [1.29, 1.82) is 0 Å². The van der Waals surface area contributed by atoms with Crippen molar-refractivity contribution in [3.8, 4) is 11.1 Å². The summed E-state index contributed by atoms with van der Waals surface area (Å²) in [5.74, 6) is -0.241. The molecular formula is C27H29N3O3. The van der Waals surface area contributed by atoms with Crippen LogP contribution in [0.15, 0.2) is 77.7 Å². The smallest absolute Gasteiger partial charge is 0.256 e. The number of pyridine rings is 1. The minimum absolute atomic E-state index is 0.0200. The molecule has 6 heteroatoms. The van der Waals surface area contributed by atoms with Crippen molar-refractivity contribution in [3.05, 3.63) is 94.4 Å². The third kappa shape index (κ3) is 4.90. The Morgan fingerprint density at radius 2 is 1.61 bits per heavy atom. The zero-order chi connectivity index (χ0) is 23.4. The van der Waals surface area contributed by atoms with Gasteiger partial charge in [0, 0.05) is 45.4 Å². The topological polar surface area (TPSA) is 62.6 Å². The van der Waals surface area contributed by atoms with Crippen LogP contribution in [0.1, 0.15) is 29.3 Å². The summed E-state index contributed by atoms with van der Waals surface area (Å²) in [4.78, 5) is 42.0. The van der Waals surface area contributed by atoms with E-state index in [1.807, 2.05) is 42.2 Å².